The maximum atomic E-state index is 12.7. The lowest BCUT2D eigenvalue weighted by Crippen LogP contribution is -2.44. The molecule has 0 spiro atoms. The van der Waals surface area contributed by atoms with E-state index in [1.807, 2.05) is 4.90 Å². The van der Waals surface area contributed by atoms with Gasteiger partial charge in [0, 0.05) is 38.1 Å². The van der Waals surface area contributed by atoms with Crippen molar-refractivity contribution >= 4 is 26.7 Å². The fourth-order valence-electron chi connectivity index (χ4n) is 3.90. The molecule has 1 saturated heterocycles. The van der Waals surface area contributed by atoms with Gasteiger partial charge < -0.3 is 14.7 Å². The van der Waals surface area contributed by atoms with Crippen LogP contribution in [-0.2, 0) is 34.6 Å². The molecule has 164 valence electrons. The van der Waals surface area contributed by atoms with Gasteiger partial charge in [-0.25, -0.2) is 8.42 Å². The van der Waals surface area contributed by atoms with E-state index >= 15 is 0 Å². The second-order valence-electron chi connectivity index (χ2n) is 8.01. The molecule has 4 rings (SSSR count). The Morgan fingerprint density at radius 2 is 2.13 bits per heavy atom. The number of aryl methyl sites for hydroxylation is 1. The summed E-state index contributed by atoms with van der Waals surface area (Å²) < 4.78 is 31.5. The molecule has 31 heavy (non-hydrogen) atoms. The average Bonchev–Trinajstić information content (AvgIpc) is 3.11. The quantitative estimate of drug-likeness (QED) is 0.617. The van der Waals surface area contributed by atoms with Gasteiger partial charge in [-0.1, -0.05) is 0 Å². The largest absolute Gasteiger partial charge is 0.459 e. The van der Waals surface area contributed by atoms with Crippen LogP contribution in [0.3, 0.4) is 0 Å². The molecular weight excluding hydrogens is 420 g/mol. The van der Waals surface area contributed by atoms with E-state index in [0.29, 0.717) is 47.6 Å². The van der Waals surface area contributed by atoms with Crippen molar-refractivity contribution < 1.29 is 17.6 Å². The normalized spacial score (nSPS) is 19.0. The Morgan fingerprint density at radius 1 is 1.35 bits per heavy atom. The average molecular weight is 445 g/mol. The molecule has 10 heteroatoms. The van der Waals surface area contributed by atoms with Crippen LogP contribution >= 0.6 is 0 Å². The number of hydrogen-bond donors (Lipinski definition) is 1. The number of carbonyl (C=O) groups is 1. The van der Waals surface area contributed by atoms with E-state index in [4.69, 9.17) is 10.2 Å². The van der Waals surface area contributed by atoms with Crippen LogP contribution in [0.1, 0.15) is 18.4 Å². The molecule has 9 nitrogen and oxygen atoms in total. The molecule has 0 bridgehead atoms. The zero-order valence-corrected chi connectivity index (χ0v) is 18.2. The SMILES string of the molecule is CC1CN(Cc2cc3c(=O)n(C)cc(-c4ccnc(CC(N)=O)c4)c3o2)CCS1(=O)=O. The second-order valence-corrected chi connectivity index (χ2v) is 10.5. The van der Waals surface area contributed by atoms with Crippen molar-refractivity contribution in [3.8, 4) is 11.1 Å². The van der Waals surface area contributed by atoms with Crippen molar-refractivity contribution in [2.45, 2.75) is 25.1 Å². The number of nitrogens with two attached hydrogens (primary N) is 1. The van der Waals surface area contributed by atoms with Crippen LogP contribution in [0.2, 0.25) is 0 Å². The molecule has 0 saturated carbocycles. The molecule has 1 unspecified atom stereocenters. The Bertz CT molecular complexity index is 1330. The fourth-order valence-corrected chi connectivity index (χ4v) is 5.25. The summed E-state index contributed by atoms with van der Waals surface area (Å²) in [6, 6.07) is 5.26. The molecule has 0 aromatic carbocycles. The molecule has 1 aliphatic rings. The number of amides is 1. The lowest BCUT2D eigenvalue weighted by atomic mass is 10.1. The van der Waals surface area contributed by atoms with Crippen LogP contribution in [0.15, 0.2) is 39.8 Å². The summed E-state index contributed by atoms with van der Waals surface area (Å²) in [6.07, 6.45) is 3.29. The van der Waals surface area contributed by atoms with Crippen molar-refractivity contribution in [3.63, 3.8) is 0 Å². The van der Waals surface area contributed by atoms with E-state index < -0.39 is 21.0 Å². The van der Waals surface area contributed by atoms with Crippen LogP contribution in [0.25, 0.3) is 22.1 Å². The van der Waals surface area contributed by atoms with Gasteiger partial charge in [0.25, 0.3) is 5.56 Å². The van der Waals surface area contributed by atoms with E-state index in [1.54, 1.807) is 44.6 Å². The van der Waals surface area contributed by atoms with E-state index in [0.717, 1.165) is 5.56 Å². The highest BCUT2D eigenvalue weighted by Crippen LogP contribution is 2.30. The zero-order valence-electron chi connectivity index (χ0n) is 17.4. The lowest BCUT2D eigenvalue weighted by Gasteiger charge is -2.29. The number of nitrogens with zero attached hydrogens (tertiary/aromatic N) is 3. The summed E-state index contributed by atoms with van der Waals surface area (Å²) in [5.74, 6) is 0.229. The van der Waals surface area contributed by atoms with Gasteiger partial charge in [-0.3, -0.25) is 19.5 Å². The minimum atomic E-state index is -3.04. The van der Waals surface area contributed by atoms with Gasteiger partial charge in [0.05, 0.1) is 35.0 Å². The first kappa shape index (κ1) is 21.3. The predicted octanol–water partition coefficient (Wildman–Crippen LogP) is 0.840. The Hall–Kier alpha value is -2.98. The zero-order chi connectivity index (χ0) is 22.3. The van der Waals surface area contributed by atoms with Crippen molar-refractivity contribution in [3.05, 3.63) is 52.4 Å². The Morgan fingerprint density at radius 3 is 2.84 bits per heavy atom. The Kier molecular flexibility index (Phi) is 5.44. The van der Waals surface area contributed by atoms with Crippen molar-refractivity contribution in [1.29, 1.82) is 0 Å². The highest BCUT2D eigenvalue weighted by Gasteiger charge is 2.30. The van der Waals surface area contributed by atoms with Gasteiger partial charge in [-0.05, 0) is 30.7 Å². The molecule has 0 aliphatic carbocycles. The van der Waals surface area contributed by atoms with Crippen LogP contribution in [0, 0.1) is 0 Å². The fraction of sp³-hybridized carbons (Fsp3) is 0.381. The van der Waals surface area contributed by atoms with Crippen molar-refractivity contribution in [2.24, 2.45) is 12.8 Å². The van der Waals surface area contributed by atoms with Gasteiger partial charge in [0.1, 0.15) is 11.3 Å². The molecule has 3 aromatic heterocycles. The van der Waals surface area contributed by atoms with Crippen LogP contribution in [0.5, 0.6) is 0 Å². The van der Waals surface area contributed by atoms with Gasteiger partial charge in [0.15, 0.2) is 9.84 Å². The van der Waals surface area contributed by atoms with E-state index in [2.05, 4.69) is 4.98 Å². The highest BCUT2D eigenvalue weighted by atomic mass is 32.2. The van der Waals surface area contributed by atoms with Gasteiger partial charge >= 0.3 is 0 Å². The lowest BCUT2D eigenvalue weighted by molar-refractivity contribution is -0.117. The predicted molar refractivity (Wildman–Crippen MR) is 116 cm³/mol. The molecule has 2 N–H and O–H groups in total. The summed E-state index contributed by atoms with van der Waals surface area (Å²) in [4.78, 5) is 30.2. The minimum Gasteiger partial charge on any atom is -0.459 e. The molecule has 0 radical (unpaired) electrons. The highest BCUT2D eigenvalue weighted by molar-refractivity contribution is 7.92. The maximum absolute atomic E-state index is 12.7. The molecular formula is C21H24N4O5S. The molecule has 1 amide bonds. The molecule has 3 aromatic rings. The summed E-state index contributed by atoms with van der Waals surface area (Å²) in [6.45, 7) is 2.97. The molecule has 1 aliphatic heterocycles. The number of primary amides is 1. The maximum Gasteiger partial charge on any atom is 0.261 e. The second kappa shape index (κ2) is 7.93. The number of sulfone groups is 1. The third kappa shape index (κ3) is 4.26. The minimum absolute atomic E-state index is 0.0161. The third-order valence-corrected chi connectivity index (χ3v) is 7.71. The van der Waals surface area contributed by atoms with Gasteiger partial charge in [0.2, 0.25) is 5.91 Å². The monoisotopic (exact) mass is 444 g/mol. The smallest absolute Gasteiger partial charge is 0.261 e. The number of furan rings is 1. The molecule has 1 fully saturated rings. The number of aromatic nitrogens is 2. The van der Waals surface area contributed by atoms with E-state index in [9.17, 15) is 18.0 Å². The van der Waals surface area contributed by atoms with Crippen LogP contribution in [0.4, 0.5) is 0 Å². The number of rotatable bonds is 5. The topological polar surface area (TPSA) is 128 Å². The molecule has 4 heterocycles. The van der Waals surface area contributed by atoms with Crippen LogP contribution in [-0.4, -0.2) is 52.9 Å². The van der Waals surface area contributed by atoms with Gasteiger partial charge in [-0.2, -0.15) is 0 Å². The first-order chi connectivity index (χ1) is 14.6. The first-order valence-corrected chi connectivity index (χ1v) is 11.6. The Balaban J connectivity index is 1.72. The number of fused-ring (bicyclic) bond motifs is 1. The first-order valence-electron chi connectivity index (χ1n) is 9.93. The Labute approximate surface area is 179 Å². The number of carbonyl (C=O) groups excluding carboxylic acids is 1. The number of hydrogen-bond acceptors (Lipinski definition) is 7. The summed E-state index contributed by atoms with van der Waals surface area (Å²) in [7, 11) is -1.38. The van der Waals surface area contributed by atoms with Gasteiger partial charge in [-0.15, -0.1) is 0 Å². The summed E-state index contributed by atoms with van der Waals surface area (Å²) >= 11 is 0. The van der Waals surface area contributed by atoms with Crippen LogP contribution < -0.4 is 11.3 Å². The summed E-state index contributed by atoms with van der Waals surface area (Å²) in [5, 5.41) is 0.00972. The third-order valence-electron chi connectivity index (χ3n) is 5.58. The number of pyridine rings is 2. The summed E-state index contributed by atoms with van der Waals surface area (Å²) in [5.41, 5.74) is 7.53. The molecule has 1 atom stereocenters. The van der Waals surface area contributed by atoms with Crippen molar-refractivity contribution in [2.75, 3.05) is 18.8 Å². The van der Waals surface area contributed by atoms with E-state index in [1.165, 1.54) is 4.57 Å². The van der Waals surface area contributed by atoms with E-state index in [-0.39, 0.29) is 17.7 Å². The van der Waals surface area contributed by atoms with Crippen molar-refractivity contribution in [1.82, 2.24) is 14.5 Å². The standard InChI is InChI=1S/C21H24N4O5S/c1-13-10-25(5-6-31(13,28)29)11-16-9-17-20(30-16)18(12-24(2)21(17)27)14-3-4-23-15(7-14)8-19(22)26/h3-4,7,9,12-13H,5-6,8,10-11H2,1-2H3,(H2,22,26).